The van der Waals surface area contributed by atoms with Crippen LogP contribution in [0, 0.1) is 0 Å². The molecule has 0 spiro atoms. The number of nitrogens with one attached hydrogen (secondary N) is 2. The summed E-state index contributed by atoms with van der Waals surface area (Å²) in [7, 11) is 0. The number of hydrogen-bond acceptors (Lipinski definition) is 6. The first-order valence-corrected chi connectivity index (χ1v) is 4.69. The van der Waals surface area contributed by atoms with Gasteiger partial charge in [0.2, 0.25) is 0 Å². The Kier molecular flexibility index (Phi) is 21.8. The molecule has 0 aliphatic rings. The topological polar surface area (TPSA) is 195 Å². The minimum absolute atomic E-state index is 0. The average Bonchev–Trinajstić information content (AvgIpc) is 3.00. The van der Waals surface area contributed by atoms with Crippen LogP contribution in [0.15, 0.2) is 24.8 Å². The number of aromatic nitrogens is 4. The number of carbonyl (C=O) groups excluding carboxylic acids is 2. The number of aromatic amines is 2. The quantitative estimate of drug-likeness (QED) is 0.450. The Bertz CT molecular complexity index is 413. The molecule has 2 heterocycles. The molecule has 10 heteroatoms. The van der Waals surface area contributed by atoms with Gasteiger partial charge in [-0.2, -0.15) is 0 Å². The summed E-state index contributed by atoms with van der Waals surface area (Å²) in [6, 6.07) is 0. The lowest BCUT2D eigenvalue weighted by molar-refractivity contribution is -0.134. The average molecular weight is 303 g/mol. The lowest BCUT2D eigenvalue weighted by Crippen LogP contribution is -1.80. The van der Waals surface area contributed by atoms with E-state index in [0.29, 0.717) is 0 Å². The van der Waals surface area contributed by atoms with E-state index in [9.17, 15) is 0 Å². The summed E-state index contributed by atoms with van der Waals surface area (Å²) in [5.41, 5.74) is 0. The van der Waals surface area contributed by atoms with Crippen molar-refractivity contribution >= 4 is 18.5 Å². The van der Waals surface area contributed by atoms with Crippen LogP contribution in [0.25, 0.3) is 11.6 Å². The molecule has 2 aromatic rings. The molecule has 10 nitrogen and oxygen atoms in total. The molecule has 0 atom stereocenters. The first-order chi connectivity index (χ1) is 8.61. The largest absolute Gasteiger partial charge is 0.481 e. The Balaban J connectivity index is -0.000000115. The number of imidazole rings is 2. The molecule has 2 aromatic heterocycles. The van der Waals surface area contributed by atoms with Gasteiger partial charge in [0.25, 0.3) is 5.97 Å². The van der Waals surface area contributed by atoms with Crippen LogP contribution in [0.4, 0.5) is 0 Å². The number of rotatable bonds is 2. The van der Waals surface area contributed by atoms with Crippen molar-refractivity contribution in [1.82, 2.24) is 26.1 Å². The molecule has 120 valence electrons. The van der Waals surface area contributed by atoms with Crippen molar-refractivity contribution in [2.45, 2.75) is 14.4 Å². The Labute approximate surface area is 121 Å². The number of H-pyrrole nitrogens is 2. The molecule has 2 rings (SSSR count). The van der Waals surface area contributed by atoms with Crippen LogP contribution in [0.5, 0.6) is 0 Å². The molecular weight excluding hydrogens is 282 g/mol. The van der Waals surface area contributed by atoms with Gasteiger partial charge in [0.15, 0.2) is 24.2 Å². The van der Waals surface area contributed by atoms with E-state index in [0.717, 1.165) is 18.6 Å². The standard InChI is InChI=1S/C6H6N4.C2H4O2.C2H2O2.CH4.H3N.H2O/c1-2-8-5(7-1)6-9-3-4-10-6;1-2(3)4;3-1-2-4;;;/h1-4H,(H,7,8)(H,9,10);1H3,(H,3,4);1-2H;1H4;1H3;1H2. The smallest absolute Gasteiger partial charge is 0.300 e. The van der Waals surface area contributed by atoms with Gasteiger partial charge >= 0.3 is 0 Å². The second-order valence-electron chi connectivity index (χ2n) is 2.67. The summed E-state index contributed by atoms with van der Waals surface area (Å²) in [6.07, 6.45) is 7.30. The van der Waals surface area contributed by atoms with Crippen LogP contribution in [-0.2, 0) is 14.4 Å². The molecule has 0 aromatic carbocycles. The number of nitrogens with zero attached hydrogens (tertiary/aromatic N) is 2. The summed E-state index contributed by atoms with van der Waals surface area (Å²) in [6.45, 7) is 1.08. The first kappa shape index (κ1) is 26.7. The number of aliphatic carboxylic acids is 1. The lowest BCUT2D eigenvalue weighted by atomic mass is 10.6. The fourth-order valence-corrected chi connectivity index (χ4v) is 0.790. The van der Waals surface area contributed by atoms with E-state index in [1.54, 1.807) is 24.8 Å². The van der Waals surface area contributed by atoms with E-state index in [1.165, 1.54) is 0 Å². The molecule has 21 heavy (non-hydrogen) atoms. The highest BCUT2D eigenvalue weighted by Crippen LogP contribution is 2.04. The second-order valence-corrected chi connectivity index (χ2v) is 2.67. The normalized spacial score (nSPS) is 6.90. The predicted octanol–water partition coefficient (Wildman–Crippen LogP) is 0.248. The van der Waals surface area contributed by atoms with Crippen molar-refractivity contribution in [3.63, 3.8) is 0 Å². The summed E-state index contributed by atoms with van der Waals surface area (Å²) >= 11 is 0. The third-order valence-electron chi connectivity index (χ3n) is 1.28. The van der Waals surface area contributed by atoms with Crippen LogP contribution < -0.4 is 6.15 Å². The van der Waals surface area contributed by atoms with Gasteiger partial charge in [-0.1, -0.05) is 7.43 Å². The maximum absolute atomic E-state index is 9.00. The van der Waals surface area contributed by atoms with Gasteiger partial charge in [0.05, 0.1) is 0 Å². The molecule has 0 saturated heterocycles. The van der Waals surface area contributed by atoms with Gasteiger partial charge in [0.1, 0.15) is 0 Å². The highest BCUT2D eigenvalue weighted by atomic mass is 16.4. The molecule has 0 radical (unpaired) electrons. The van der Waals surface area contributed by atoms with Crippen molar-refractivity contribution in [3.8, 4) is 11.6 Å². The van der Waals surface area contributed by atoms with Crippen LogP contribution in [0.3, 0.4) is 0 Å². The Morgan fingerprint density at radius 2 is 1.38 bits per heavy atom. The maximum atomic E-state index is 9.00. The van der Waals surface area contributed by atoms with Crippen LogP contribution in [-0.4, -0.2) is 49.1 Å². The zero-order chi connectivity index (χ0) is 13.8. The number of carboxylic acids is 1. The summed E-state index contributed by atoms with van der Waals surface area (Å²) < 4.78 is 0. The molecule has 0 saturated carbocycles. The Morgan fingerprint density at radius 3 is 1.52 bits per heavy atom. The van der Waals surface area contributed by atoms with Crippen molar-refractivity contribution in [1.29, 1.82) is 0 Å². The fraction of sp³-hybridized carbons (Fsp3) is 0.182. The highest BCUT2D eigenvalue weighted by molar-refractivity contribution is 6.09. The molecule has 0 bridgehead atoms. The summed E-state index contributed by atoms with van der Waals surface area (Å²) in [5, 5.41) is 7.42. The molecule has 8 N–H and O–H groups in total. The van der Waals surface area contributed by atoms with E-state index in [2.05, 4.69) is 19.9 Å². The molecule has 0 fully saturated rings. The third-order valence-corrected chi connectivity index (χ3v) is 1.28. The van der Waals surface area contributed by atoms with Gasteiger partial charge in [-0.3, -0.25) is 14.4 Å². The van der Waals surface area contributed by atoms with E-state index in [1.807, 2.05) is 0 Å². The number of hydrogen-bond donors (Lipinski definition) is 4. The van der Waals surface area contributed by atoms with Gasteiger partial charge in [0, 0.05) is 31.7 Å². The maximum Gasteiger partial charge on any atom is 0.300 e. The minimum atomic E-state index is -0.833. The predicted molar refractivity (Wildman–Crippen MR) is 77.0 cm³/mol. The fourth-order valence-electron chi connectivity index (χ4n) is 0.790. The minimum Gasteiger partial charge on any atom is -0.481 e. The second kappa shape index (κ2) is 17.2. The van der Waals surface area contributed by atoms with Crippen LogP contribution in [0.1, 0.15) is 14.4 Å². The first-order valence-electron chi connectivity index (χ1n) is 4.69. The van der Waals surface area contributed by atoms with Gasteiger partial charge in [-0.15, -0.1) is 0 Å². The highest BCUT2D eigenvalue weighted by Gasteiger charge is 1.98. The van der Waals surface area contributed by atoms with E-state index in [4.69, 9.17) is 19.5 Å². The van der Waals surface area contributed by atoms with Crippen LogP contribution >= 0.6 is 0 Å². The molecule has 0 unspecified atom stereocenters. The SMILES string of the molecule is C.CC(=O)O.N.O.O=CC=O.c1c[nH]c(-c2ncc[nH]2)n1. The van der Waals surface area contributed by atoms with Crippen LogP contribution in [0.2, 0.25) is 0 Å². The van der Waals surface area contributed by atoms with Gasteiger partial charge in [-0.05, 0) is 0 Å². The molecule has 0 aliphatic carbocycles. The van der Waals surface area contributed by atoms with Gasteiger partial charge < -0.3 is 26.7 Å². The van der Waals surface area contributed by atoms with Gasteiger partial charge in [-0.25, -0.2) is 9.97 Å². The van der Waals surface area contributed by atoms with Crippen molar-refractivity contribution in [2.75, 3.05) is 0 Å². The van der Waals surface area contributed by atoms with Crippen molar-refractivity contribution in [2.24, 2.45) is 0 Å². The third kappa shape index (κ3) is 15.1. The summed E-state index contributed by atoms with van der Waals surface area (Å²) in [4.78, 5) is 40.5. The number of carboxylic acid groups (broad SMARTS) is 1. The monoisotopic (exact) mass is 303 g/mol. The Hall–Kier alpha value is -2.85. The number of aldehydes is 2. The van der Waals surface area contributed by atoms with Crippen molar-refractivity contribution in [3.05, 3.63) is 24.8 Å². The molecular formula is C11H21N5O5. The van der Waals surface area contributed by atoms with E-state index in [-0.39, 0.29) is 31.6 Å². The molecule has 0 aliphatic heterocycles. The Morgan fingerprint density at radius 1 is 1.10 bits per heavy atom. The zero-order valence-corrected chi connectivity index (χ0v) is 10.7. The molecule has 0 amide bonds. The van der Waals surface area contributed by atoms with E-state index >= 15 is 0 Å². The van der Waals surface area contributed by atoms with Crippen molar-refractivity contribution < 1.29 is 25.0 Å². The number of carbonyl (C=O) groups is 3. The zero-order valence-electron chi connectivity index (χ0n) is 10.7. The summed E-state index contributed by atoms with van der Waals surface area (Å²) in [5.74, 6) is 0.704. The van der Waals surface area contributed by atoms with E-state index < -0.39 is 5.97 Å². The lowest BCUT2D eigenvalue weighted by Gasteiger charge is -1.85.